The standard InChI is InChI=1S/C21H20ClN3O3/c1-3-23-20(26)14(2)28-21(27)18-13-25(17-7-5-4-6-8-17)24-19(18)15-9-11-16(22)12-10-15/h4-14H,3H2,1-2H3,(H,23,26)/t14-/m1/s1. The summed E-state index contributed by atoms with van der Waals surface area (Å²) in [5.74, 6) is -0.967. The van der Waals surface area contributed by atoms with E-state index < -0.39 is 12.1 Å². The van der Waals surface area contributed by atoms with Crippen molar-refractivity contribution in [2.45, 2.75) is 20.0 Å². The smallest absolute Gasteiger partial charge is 0.342 e. The van der Waals surface area contributed by atoms with E-state index in [-0.39, 0.29) is 11.5 Å². The highest BCUT2D eigenvalue weighted by molar-refractivity contribution is 6.30. The molecule has 1 aromatic heterocycles. The largest absolute Gasteiger partial charge is 0.449 e. The molecule has 0 aliphatic rings. The van der Waals surface area contributed by atoms with Crippen LogP contribution in [0.2, 0.25) is 5.02 Å². The van der Waals surface area contributed by atoms with Gasteiger partial charge in [-0.1, -0.05) is 41.9 Å². The molecule has 0 radical (unpaired) electrons. The van der Waals surface area contributed by atoms with Crippen LogP contribution in [0, 0.1) is 0 Å². The number of para-hydroxylation sites is 1. The lowest BCUT2D eigenvalue weighted by molar-refractivity contribution is -0.128. The Morgan fingerprint density at radius 2 is 1.82 bits per heavy atom. The monoisotopic (exact) mass is 397 g/mol. The second-order valence-corrected chi connectivity index (χ2v) is 6.56. The summed E-state index contributed by atoms with van der Waals surface area (Å²) in [6, 6.07) is 16.4. The second kappa shape index (κ2) is 8.71. The van der Waals surface area contributed by atoms with Gasteiger partial charge >= 0.3 is 5.97 Å². The summed E-state index contributed by atoms with van der Waals surface area (Å²) >= 11 is 5.97. The molecule has 0 saturated carbocycles. The van der Waals surface area contributed by atoms with Crippen molar-refractivity contribution in [3.8, 4) is 16.9 Å². The van der Waals surface area contributed by atoms with Crippen LogP contribution in [-0.4, -0.2) is 34.3 Å². The first-order valence-electron chi connectivity index (χ1n) is 8.89. The topological polar surface area (TPSA) is 73.2 Å². The average molecular weight is 398 g/mol. The van der Waals surface area contributed by atoms with Gasteiger partial charge in [-0.3, -0.25) is 4.79 Å². The number of nitrogens with one attached hydrogen (secondary N) is 1. The van der Waals surface area contributed by atoms with Gasteiger partial charge in [-0.15, -0.1) is 0 Å². The minimum absolute atomic E-state index is 0.266. The number of ether oxygens (including phenoxy) is 1. The summed E-state index contributed by atoms with van der Waals surface area (Å²) in [7, 11) is 0. The van der Waals surface area contributed by atoms with E-state index in [1.54, 1.807) is 42.1 Å². The Balaban J connectivity index is 1.98. The van der Waals surface area contributed by atoms with E-state index in [0.29, 0.717) is 17.3 Å². The van der Waals surface area contributed by atoms with Crippen LogP contribution in [0.1, 0.15) is 24.2 Å². The number of rotatable bonds is 6. The van der Waals surface area contributed by atoms with E-state index in [2.05, 4.69) is 10.4 Å². The maximum Gasteiger partial charge on any atom is 0.342 e. The number of esters is 1. The van der Waals surface area contributed by atoms with E-state index in [1.807, 2.05) is 30.3 Å². The Morgan fingerprint density at radius 1 is 1.14 bits per heavy atom. The Hall–Kier alpha value is -3.12. The van der Waals surface area contributed by atoms with Crippen molar-refractivity contribution in [2.75, 3.05) is 6.54 Å². The van der Waals surface area contributed by atoms with E-state index in [9.17, 15) is 9.59 Å². The Kier molecular flexibility index (Phi) is 6.11. The van der Waals surface area contributed by atoms with Crippen molar-refractivity contribution in [1.82, 2.24) is 15.1 Å². The van der Waals surface area contributed by atoms with Crippen molar-refractivity contribution in [3.63, 3.8) is 0 Å². The molecule has 7 heteroatoms. The Labute approximate surface area is 168 Å². The molecule has 0 saturated heterocycles. The summed E-state index contributed by atoms with van der Waals surface area (Å²) < 4.78 is 6.96. The summed E-state index contributed by atoms with van der Waals surface area (Å²) in [5.41, 5.74) is 2.24. The normalized spacial score (nSPS) is 11.7. The van der Waals surface area contributed by atoms with E-state index >= 15 is 0 Å². The molecule has 0 fully saturated rings. The van der Waals surface area contributed by atoms with Crippen molar-refractivity contribution >= 4 is 23.5 Å². The first-order chi connectivity index (χ1) is 13.5. The molecule has 3 aromatic rings. The molecule has 28 heavy (non-hydrogen) atoms. The molecule has 144 valence electrons. The van der Waals surface area contributed by atoms with Crippen LogP contribution in [-0.2, 0) is 9.53 Å². The zero-order chi connectivity index (χ0) is 20.1. The van der Waals surface area contributed by atoms with Crippen LogP contribution < -0.4 is 5.32 Å². The molecule has 3 rings (SSSR count). The molecule has 0 spiro atoms. The van der Waals surface area contributed by atoms with Crippen molar-refractivity contribution in [1.29, 1.82) is 0 Å². The van der Waals surface area contributed by atoms with Crippen LogP contribution in [0.3, 0.4) is 0 Å². The Bertz CT molecular complexity index is 968. The quantitative estimate of drug-likeness (QED) is 0.641. The van der Waals surface area contributed by atoms with Crippen molar-refractivity contribution < 1.29 is 14.3 Å². The first-order valence-corrected chi connectivity index (χ1v) is 9.27. The van der Waals surface area contributed by atoms with E-state index in [1.165, 1.54) is 6.92 Å². The number of nitrogens with zero attached hydrogens (tertiary/aromatic N) is 2. The fourth-order valence-corrected chi connectivity index (χ4v) is 2.78. The van der Waals surface area contributed by atoms with Gasteiger partial charge in [0, 0.05) is 23.3 Å². The minimum Gasteiger partial charge on any atom is -0.449 e. The van der Waals surface area contributed by atoms with Crippen molar-refractivity contribution in [3.05, 3.63) is 71.4 Å². The molecule has 0 bridgehead atoms. The van der Waals surface area contributed by atoms with Gasteiger partial charge in [-0.05, 0) is 38.1 Å². The number of hydrogen-bond acceptors (Lipinski definition) is 4. The zero-order valence-electron chi connectivity index (χ0n) is 15.6. The number of carbonyl (C=O) groups excluding carboxylic acids is 2. The molecule has 1 heterocycles. The fraction of sp³-hybridized carbons (Fsp3) is 0.190. The third kappa shape index (κ3) is 4.40. The highest BCUT2D eigenvalue weighted by atomic mass is 35.5. The molecule has 6 nitrogen and oxygen atoms in total. The molecule has 0 aliphatic carbocycles. The number of amides is 1. The first kappa shape index (κ1) is 19.6. The van der Waals surface area contributed by atoms with Gasteiger partial charge in [-0.2, -0.15) is 5.10 Å². The van der Waals surface area contributed by atoms with E-state index in [4.69, 9.17) is 16.3 Å². The zero-order valence-corrected chi connectivity index (χ0v) is 16.3. The SMILES string of the molecule is CCNC(=O)[C@@H](C)OC(=O)c1cn(-c2ccccc2)nc1-c1ccc(Cl)cc1. The van der Waals surface area contributed by atoms with Crippen LogP contribution in [0.5, 0.6) is 0 Å². The minimum atomic E-state index is -0.911. The average Bonchev–Trinajstić information content (AvgIpc) is 3.15. The van der Waals surface area contributed by atoms with Gasteiger partial charge in [0.2, 0.25) is 0 Å². The Morgan fingerprint density at radius 3 is 2.46 bits per heavy atom. The molecule has 0 aliphatic heterocycles. The van der Waals surface area contributed by atoms with Crippen LogP contribution >= 0.6 is 11.6 Å². The molecule has 1 N–H and O–H groups in total. The summed E-state index contributed by atoms with van der Waals surface area (Å²) in [5, 5.41) is 7.78. The van der Waals surface area contributed by atoms with Gasteiger partial charge in [0.05, 0.1) is 5.69 Å². The number of aromatic nitrogens is 2. The van der Waals surface area contributed by atoms with Crippen LogP contribution in [0.15, 0.2) is 60.8 Å². The summed E-state index contributed by atoms with van der Waals surface area (Å²) in [6.45, 7) is 3.80. The summed E-state index contributed by atoms with van der Waals surface area (Å²) in [6.07, 6.45) is 0.692. The van der Waals surface area contributed by atoms with Crippen molar-refractivity contribution in [2.24, 2.45) is 0 Å². The predicted octanol–water partition coefficient (Wildman–Crippen LogP) is 3.87. The molecule has 0 unspecified atom stereocenters. The van der Waals surface area contributed by atoms with Gasteiger partial charge in [-0.25, -0.2) is 9.48 Å². The maximum absolute atomic E-state index is 12.8. The number of benzene rings is 2. The summed E-state index contributed by atoms with van der Waals surface area (Å²) in [4.78, 5) is 24.7. The number of hydrogen-bond donors (Lipinski definition) is 1. The molecular formula is C21H20ClN3O3. The lowest BCUT2D eigenvalue weighted by Gasteiger charge is -2.12. The van der Waals surface area contributed by atoms with Gasteiger partial charge < -0.3 is 10.1 Å². The number of halogens is 1. The number of carbonyl (C=O) groups is 2. The fourth-order valence-electron chi connectivity index (χ4n) is 2.65. The van der Waals surface area contributed by atoms with E-state index in [0.717, 1.165) is 11.3 Å². The van der Waals surface area contributed by atoms with Gasteiger partial charge in [0.15, 0.2) is 6.10 Å². The number of likely N-dealkylation sites (N-methyl/N-ethyl adjacent to an activating group) is 1. The van der Waals surface area contributed by atoms with Gasteiger partial charge in [0.1, 0.15) is 11.3 Å². The predicted molar refractivity (Wildman–Crippen MR) is 108 cm³/mol. The maximum atomic E-state index is 12.8. The molecular weight excluding hydrogens is 378 g/mol. The van der Waals surface area contributed by atoms with Crippen LogP contribution in [0.4, 0.5) is 0 Å². The van der Waals surface area contributed by atoms with Crippen LogP contribution in [0.25, 0.3) is 16.9 Å². The lowest BCUT2D eigenvalue weighted by Crippen LogP contribution is -2.35. The third-order valence-electron chi connectivity index (χ3n) is 4.08. The third-order valence-corrected chi connectivity index (χ3v) is 4.33. The van der Waals surface area contributed by atoms with Gasteiger partial charge in [0.25, 0.3) is 5.91 Å². The molecule has 2 aromatic carbocycles. The lowest BCUT2D eigenvalue weighted by atomic mass is 10.1. The molecule has 1 amide bonds. The highest BCUT2D eigenvalue weighted by Gasteiger charge is 2.24. The second-order valence-electron chi connectivity index (χ2n) is 6.12. The highest BCUT2D eigenvalue weighted by Crippen LogP contribution is 2.26. The molecule has 1 atom stereocenters.